The lowest BCUT2D eigenvalue weighted by atomic mass is 10.2. The molecule has 0 bridgehead atoms. The first-order valence-corrected chi connectivity index (χ1v) is 7.88. The monoisotopic (exact) mass is 328 g/mol. The van der Waals surface area contributed by atoms with Gasteiger partial charge < -0.3 is 14.6 Å². The number of aromatic nitrogens is 1. The molecule has 0 saturated heterocycles. The fourth-order valence-electron chi connectivity index (χ4n) is 2.32. The maximum atomic E-state index is 12.4. The van der Waals surface area contributed by atoms with Gasteiger partial charge in [0.15, 0.2) is 0 Å². The van der Waals surface area contributed by atoms with E-state index in [-0.39, 0.29) is 5.91 Å². The second kappa shape index (κ2) is 6.26. The molecule has 1 N–H and O–H groups in total. The molecule has 0 radical (unpaired) electrons. The second-order valence-electron chi connectivity index (χ2n) is 5.05. The highest BCUT2D eigenvalue weighted by molar-refractivity contribution is 7.17. The predicted molar refractivity (Wildman–Crippen MR) is 90.2 cm³/mol. The summed E-state index contributed by atoms with van der Waals surface area (Å²) in [4.78, 5) is 14.0. The van der Waals surface area contributed by atoms with Crippen LogP contribution in [-0.4, -0.2) is 18.2 Å². The van der Waals surface area contributed by atoms with E-state index in [1.165, 1.54) is 11.3 Å². The van der Waals surface area contributed by atoms with E-state index in [0.29, 0.717) is 16.3 Å². The average molecular weight is 328 g/mol. The molecule has 0 aliphatic rings. The number of nitrogens with zero attached hydrogens (tertiary/aromatic N) is 1. The number of ether oxygens (including phenoxy) is 1. The van der Waals surface area contributed by atoms with Gasteiger partial charge in [-0.25, -0.2) is 0 Å². The van der Waals surface area contributed by atoms with E-state index in [1.54, 1.807) is 19.2 Å². The Bertz CT molecular complexity index is 832. The molecule has 6 heteroatoms. The summed E-state index contributed by atoms with van der Waals surface area (Å²) in [7, 11) is 1.59. The highest BCUT2D eigenvalue weighted by Crippen LogP contribution is 2.33. The normalized spacial score (nSPS) is 10.6. The molecule has 0 atom stereocenters. The first-order chi connectivity index (χ1) is 11.1. The fraction of sp³-hybridized carbons (Fsp3) is 0.176. The summed E-state index contributed by atoms with van der Waals surface area (Å²) in [6.45, 7) is 3.76. The minimum absolute atomic E-state index is 0.152. The summed E-state index contributed by atoms with van der Waals surface area (Å²) in [6.07, 6.45) is 0. The van der Waals surface area contributed by atoms with Crippen LogP contribution in [0.25, 0.3) is 10.4 Å². The molecule has 0 aliphatic carbocycles. The van der Waals surface area contributed by atoms with E-state index in [2.05, 4.69) is 10.5 Å². The molecule has 0 unspecified atom stereocenters. The number of benzene rings is 1. The maximum Gasteiger partial charge on any atom is 0.265 e. The molecule has 2 heterocycles. The van der Waals surface area contributed by atoms with Crippen molar-refractivity contribution in [2.24, 2.45) is 0 Å². The predicted octanol–water partition coefficient (Wildman–Crippen LogP) is 4.28. The standard InChI is InChI=1S/C17H16N2O3S/c1-10-16(11(2)22-19-10)14-7-8-15(23-14)17(20)18-12-5-4-6-13(9-12)21-3/h4-9H,1-3H3,(H,18,20). The minimum atomic E-state index is -0.152. The molecule has 3 rings (SSSR count). The number of amides is 1. The van der Waals surface area contributed by atoms with Gasteiger partial charge in [0.1, 0.15) is 11.5 Å². The molecular formula is C17H16N2O3S. The number of carbonyl (C=O) groups is 1. The van der Waals surface area contributed by atoms with Crippen molar-refractivity contribution in [3.05, 3.63) is 52.7 Å². The van der Waals surface area contributed by atoms with Crippen LogP contribution in [-0.2, 0) is 0 Å². The van der Waals surface area contributed by atoms with Crippen molar-refractivity contribution in [1.29, 1.82) is 0 Å². The summed E-state index contributed by atoms with van der Waals surface area (Å²) in [5.41, 5.74) is 2.47. The smallest absolute Gasteiger partial charge is 0.265 e. The van der Waals surface area contributed by atoms with Crippen LogP contribution < -0.4 is 10.1 Å². The van der Waals surface area contributed by atoms with Crippen LogP contribution in [0.3, 0.4) is 0 Å². The van der Waals surface area contributed by atoms with Gasteiger partial charge in [-0.3, -0.25) is 4.79 Å². The highest BCUT2D eigenvalue weighted by atomic mass is 32.1. The number of rotatable bonds is 4. The van der Waals surface area contributed by atoms with Gasteiger partial charge in [0.25, 0.3) is 5.91 Å². The van der Waals surface area contributed by atoms with Gasteiger partial charge in [0.05, 0.1) is 23.2 Å². The van der Waals surface area contributed by atoms with Crippen LogP contribution in [0.4, 0.5) is 5.69 Å². The molecule has 1 amide bonds. The molecular weight excluding hydrogens is 312 g/mol. The molecule has 0 saturated carbocycles. The molecule has 118 valence electrons. The van der Waals surface area contributed by atoms with E-state index in [0.717, 1.165) is 21.9 Å². The zero-order valence-corrected chi connectivity index (χ0v) is 13.9. The quantitative estimate of drug-likeness (QED) is 0.776. The van der Waals surface area contributed by atoms with E-state index >= 15 is 0 Å². The van der Waals surface area contributed by atoms with Crippen LogP contribution in [0.1, 0.15) is 21.1 Å². The molecule has 2 aromatic heterocycles. The van der Waals surface area contributed by atoms with Crippen molar-refractivity contribution in [3.63, 3.8) is 0 Å². The zero-order chi connectivity index (χ0) is 16.4. The summed E-state index contributed by atoms with van der Waals surface area (Å²) in [5, 5.41) is 6.82. The first kappa shape index (κ1) is 15.3. The minimum Gasteiger partial charge on any atom is -0.497 e. The van der Waals surface area contributed by atoms with Gasteiger partial charge in [-0.05, 0) is 38.1 Å². The van der Waals surface area contributed by atoms with Crippen molar-refractivity contribution in [3.8, 4) is 16.2 Å². The zero-order valence-electron chi connectivity index (χ0n) is 13.0. The Morgan fingerprint density at radius 3 is 2.78 bits per heavy atom. The number of anilines is 1. The number of methoxy groups -OCH3 is 1. The van der Waals surface area contributed by atoms with Gasteiger partial charge in [-0.15, -0.1) is 11.3 Å². The van der Waals surface area contributed by atoms with Gasteiger partial charge >= 0.3 is 0 Å². The number of nitrogens with one attached hydrogen (secondary N) is 1. The van der Waals surface area contributed by atoms with Crippen LogP contribution >= 0.6 is 11.3 Å². The van der Waals surface area contributed by atoms with Crippen LogP contribution in [0.5, 0.6) is 5.75 Å². The maximum absolute atomic E-state index is 12.4. The van der Waals surface area contributed by atoms with Gasteiger partial charge in [0, 0.05) is 16.6 Å². The molecule has 1 aromatic carbocycles. The topological polar surface area (TPSA) is 64.4 Å². The Morgan fingerprint density at radius 1 is 1.26 bits per heavy atom. The summed E-state index contributed by atoms with van der Waals surface area (Å²) in [5.74, 6) is 1.30. The van der Waals surface area contributed by atoms with Crippen LogP contribution in [0.2, 0.25) is 0 Å². The van der Waals surface area contributed by atoms with Crippen molar-refractivity contribution in [1.82, 2.24) is 5.16 Å². The number of hydrogen-bond acceptors (Lipinski definition) is 5. The van der Waals surface area contributed by atoms with Gasteiger partial charge in [0.2, 0.25) is 0 Å². The van der Waals surface area contributed by atoms with Crippen LogP contribution in [0.15, 0.2) is 40.9 Å². The summed E-state index contributed by atoms with van der Waals surface area (Å²) >= 11 is 1.41. The van der Waals surface area contributed by atoms with E-state index in [4.69, 9.17) is 9.26 Å². The highest BCUT2D eigenvalue weighted by Gasteiger charge is 2.16. The molecule has 0 spiro atoms. The van der Waals surface area contributed by atoms with Crippen molar-refractivity contribution in [2.75, 3.05) is 12.4 Å². The lowest BCUT2D eigenvalue weighted by molar-refractivity contribution is 0.103. The van der Waals surface area contributed by atoms with Crippen molar-refractivity contribution < 1.29 is 14.1 Å². The largest absolute Gasteiger partial charge is 0.497 e. The third-order valence-corrected chi connectivity index (χ3v) is 4.54. The molecule has 23 heavy (non-hydrogen) atoms. The van der Waals surface area contributed by atoms with E-state index in [1.807, 2.05) is 38.1 Å². The second-order valence-corrected chi connectivity index (χ2v) is 6.13. The van der Waals surface area contributed by atoms with E-state index in [9.17, 15) is 4.79 Å². The van der Waals surface area contributed by atoms with Crippen molar-refractivity contribution >= 4 is 22.9 Å². The molecule has 0 aliphatic heterocycles. The van der Waals surface area contributed by atoms with E-state index < -0.39 is 0 Å². The van der Waals surface area contributed by atoms with Gasteiger partial charge in [-0.2, -0.15) is 0 Å². The Labute approximate surface area is 137 Å². The van der Waals surface area contributed by atoms with Crippen LogP contribution in [0, 0.1) is 13.8 Å². The van der Waals surface area contributed by atoms with Gasteiger partial charge in [-0.1, -0.05) is 11.2 Å². The SMILES string of the molecule is COc1cccc(NC(=O)c2ccc(-c3c(C)noc3C)s2)c1. The Hall–Kier alpha value is -2.60. The first-order valence-electron chi connectivity index (χ1n) is 7.07. The Morgan fingerprint density at radius 2 is 2.09 bits per heavy atom. The number of aryl methyl sites for hydroxylation is 2. The Balaban J connectivity index is 1.81. The third-order valence-electron chi connectivity index (χ3n) is 3.44. The number of hydrogen-bond donors (Lipinski definition) is 1. The lowest BCUT2D eigenvalue weighted by Gasteiger charge is -2.05. The summed E-state index contributed by atoms with van der Waals surface area (Å²) < 4.78 is 10.3. The fourth-order valence-corrected chi connectivity index (χ4v) is 3.37. The average Bonchev–Trinajstić information content (AvgIpc) is 3.14. The lowest BCUT2D eigenvalue weighted by Crippen LogP contribution is -2.09. The number of carbonyl (C=O) groups excluding carboxylic acids is 1. The Kier molecular flexibility index (Phi) is 4.16. The molecule has 3 aromatic rings. The molecule has 5 nitrogen and oxygen atoms in total. The third kappa shape index (κ3) is 3.12. The molecule has 0 fully saturated rings. The summed E-state index contributed by atoms with van der Waals surface area (Å²) in [6, 6.07) is 11.0. The number of thiophene rings is 1. The van der Waals surface area contributed by atoms with Crippen molar-refractivity contribution in [2.45, 2.75) is 13.8 Å².